The summed E-state index contributed by atoms with van der Waals surface area (Å²) in [5.41, 5.74) is -0.0875. The Bertz CT molecular complexity index is 956. The third-order valence-corrected chi connectivity index (χ3v) is 3.32. The minimum absolute atomic E-state index is 0.130. The predicted octanol–water partition coefficient (Wildman–Crippen LogP) is 4.17. The van der Waals surface area contributed by atoms with Crippen molar-refractivity contribution in [3.05, 3.63) is 47.0 Å². The van der Waals surface area contributed by atoms with Gasteiger partial charge in [-0.05, 0) is 53.7 Å². The molecular formula is C22H32N4O6. The Kier molecular flexibility index (Phi) is 9.24. The molecule has 0 unspecified atom stereocenters. The highest BCUT2D eigenvalue weighted by Crippen LogP contribution is 2.13. The first-order valence-corrected chi connectivity index (χ1v) is 9.85. The number of anilines is 2. The van der Waals surface area contributed by atoms with Crippen LogP contribution >= 0.6 is 0 Å². The first kappa shape index (κ1) is 26.5. The van der Waals surface area contributed by atoms with Gasteiger partial charge < -0.3 is 18.8 Å². The molecule has 2 N–H and O–H groups in total. The van der Waals surface area contributed by atoms with Gasteiger partial charge in [0.2, 0.25) is 11.4 Å². The summed E-state index contributed by atoms with van der Waals surface area (Å²) in [7, 11) is 3.14. The van der Waals surface area contributed by atoms with E-state index in [2.05, 4.69) is 15.6 Å². The molecule has 2 aromatic rings. The first-order valence-electron chi connectivity index (χ1n) is 9.85. The van der Waals surface area contributed by atoms with E-state index in [-0.39, 0.29) is 5.56 Å². The second-order valence-electron chi connectivity index (χ2n) is 8.71. The third kappa shape index (κ3) is 11.0. The van der Waals surface area contributed by atoms with Crippen molar-refractivity contribution in [3.8, 4) is 5.88 Å². The maximum Gasteiger partial charge on any atom is 0.412 e. The van der Waals surface area contributed by atoms with Crippen molar-refractivity contribution in [2.75, 3.05) is 17.7 Å². The molecule has 0 bridgehead atoms. The maximum absolute atomic E-state index is 11.4. The lowest BCUT2D eigenvalue weighted by Crippen LogP contribution is -2.27. The average Bonchev–Trinajstić information content (AvgIpc) is 2.63. The van der Waals surface area contributed by atoms with Crippen LogP contribution in [0, 0.1) is 0 Å². The summed E-state index contributed by atoms with van der Waals surface area (Å²) in [6, 6.07) is 6.27. The smallest absolute Gasteiger partial charge is 0.412 e. The van der Waals surface area contributed by atoms with Crippen molar-refractivity contribution in [2.24, 2.45) is 7.05 Å². The lowest BCUT2D eigenvalue weighted by Gasteiger charge is -2.19. The summed E-state index contributed by atoms with van der Waals surface area (Å²) in [6.07, 6.45) is 2.00. The lowest BCUT2D eigenvalue weighted by atomic mass is 10.2. The molecular weight excluding hydrogens is 416 g/mol. The summed E-state index contributed by atoms with van der Waals surface area (Å²) in [4.78, 5) is 37.9. The highest BCUT2D eigenvalue weighted by atomic mass is 16.6. The van der Waals surface area contributed by atoms with Crippen molar-refractivity contribution >= 4 is 23.6 Å². The zero-order valence-corrected chi connectivity index (χ0v) is 19.8. The van der Waals surface area contributed by atoms with Crippen molar-refractivity contribution in [2.45, 2.75) is 52.7 Å². The SMILES string of the molecule is COc1ccc(NC(=O)OC(C)(C)C)cn1.Cn1cc(NC(=O)OC(C)(C)C)ccc1=O. The number of rotatable bonds is 3. The molecule has 0 aliphatic carbocycles. The molecule has 0 fully saturated rings. The quantitative estimate of drug-likeness (QED) is 0.723. The van der Waals surface area contributed by atoms with Gasteiger partial charge in [-0.3, -0.25) is 15.4 Å². The number of nitrogens with one attached hydrogen (secondary N) is 2. The average molecular weight is 449 g/mol. The molecule has 0 saturated heterocycles. The Hall–Kier alpha value is -3.56. The molecule has 2 aromatic heterocycles. The number of ether oxygens (including phenoxy) is 3. The molecule has 0 atom stereocenters. The van der Waals surface area contributed by atoms with Gasteiger partial charge in [0, 0.05) is 25.4 Å². The monoisotopic (exact) mass is 448 g/mol. The van der Waals surface area contributed by atoms with E-state index in [0.29, 0.717) is 17.3 Å². The van der Waals surface area contributed by atoms with E-state index in [1.54, 1.807) is 60.7 Å². The number of amides is 2. The molecule has 0 saturated carbocycles. The van der Waals surface area contributed by atoms with Gasteiger partial charge in [0.1, 0.15) is 11.2 Å². The fourth-order valence-electron chi connectivity index (χ4n) is 2.09. The Morgan fingerprint density at radius 1 is 0.875 bits per heavy atom. The zero-order chi connectivity index (χ0) is 24.5. The third-order valence-electron chi connectivity index (χ3n) is 3.32. The second kappa shape index (κ2) is 11.2. The van der Waals surface area contributed by atoms with Gasteiger partial charge in [-0.15, -0.1) is 0 Å². The number of aryl methyl sites for hydroxylation is 1. The number of carbonyl (C=O) groups is 2. The second-order valence-corrected chi connectivity index (χ2v) is 8.71. The highest BCUT2D eigenvalue weighted by molar-refractivity contribution is 5.85. The van der Waals surface area contributed by atoms with Gasteiger partial charge in [0.05, 0.1) is 24.7 Å². The van der Waals surface area contributed by atoms with Crippen molar-refractivity contribution < 1.29 is 23.8 Å². The number of methoxy groups -OCH3 is 1. The zero-order valence-electron chi connectivity index (χ0n) is 19.8. The maximum atomic E-state index is 11.4. The van der Waals surface area contributed by atoms with Crippen LogP contribution in [0.5, 0.6) is 5.88 Å². The lowest BCUT2D eigenvalue weighted by molar-refractivity contribution is 0.0624. The summed E-state index contributed by atoms with van der Waals surface area (Å²) in [6.45, 7) is 10.8. The largest absolute Gasteiger partial charge is 0.481 e. The van der Waals surface area contributed by atoms with Crippen molar-refractivity contribution in [1.82, 2.24) is 9.55 Å². The normalized spacial score (nSPS) is 10.9. The molecule has 0 radical (unpaired) electrons. The van der Waals surface area contributed by atoms with Gasteiger partial charge in [-0.1, -0.05) is 0 Å². The van der Waals surface area contributed by atoms with Crippen molar-refractivity contribution in [3.63, 3.8) is 0 Å². The van der Waals surface area contributed by atoms with Gasteiger partial charge in [-0.2, -0.15) is 0 Å². The topological polar surface area (TPSA) is 121 Å². The Balaban J connectivity index is 0.000000320. The molecule has 0 aromatic carbocycles. The number of hydrogen-bond acceptors (Lipinski definition) is 7. The van der Waals surface area contributed by atoms with Crippen LogP contribution < -0.4 is 20.9 Å². The molecule has 0 aliphatic heterocycles. The molecule has 10 heteroatoms. The Morgan fingerprint density at radius 3 is 1.78 bits per heavy atom. The van der Waals surface area contributed by atoms with E-state index < -0.39 is 23.4 Å². The van der Waals surface area contributed by atoms with Crippen molar-refractivity contribution in [1.29, 1.82) is 0 Å². The molecule has 2 amide bonds. The van der Waals surface area contributed by atoms with Crippen LogP contribution in [0.4, 0.5) is 21.0 Å². The Morgan fingerprint density at radius 2 is 1.38 bits per heavy atom. The van der Waals surface area contributed by atoms with Crippen LogP contribution in [-0.4, -0.2) is 40.0 Å². The number of hydrogen-bond donors (Lipinski definition) is 2. The highest BCUT2D eigenvalue weighted by Gasteiger charge is 2.17. The van der Waals surface area contributed by atoms with E-state index in [9.17, 15) is 14.4 Å². The molecule has 2 heterocycles. The fraction of sp³-hybridized carbons (Fsp3) is 0.455. The van der Waals surface area contributed by atoms with E-state index >= 15 is 0 Å². The van der Waals surface area contributed by atoms with E-state index in [0.717, 1.165) is 0 Å². The molecule has 2 rings (SSSR count). The molecule has 0 aliphatic rings. The van der Waals surface area contributed by atoms with Crippen LogP contribution in [0.1, 0.15) is 41.5 Å². The first-order chi connectivity index (χ1) is 14.7. The van der Waals surface area contributed by atoms with E-state index in [1.165, 1.54) is 36.2 Å². The van der Waals surface area contributed by atoms with Crippen LogP contribution in [0.15, 0.2) is 41.5 Å². The summed E-state index contributed by atoms with van der Waals surface area (Å²) < 4.78 is 16.4. The van der Waals surface area contributed by atoms with E-state index in [1.807, 2.05) is 0 Å². The van der Waals surface area contributed by atoms with Crippen LogP contribution in [0.3, 0.4) is 0 Å². The van der Waals surface area contributed by atoms with Gasteiger partial charge in [-0.25, -0.2) is 14.6 Å². The summed E-state index contributed by atoms with van der Waals surface area (Å²) in [5, 5.41) is 5.12. The molecule has 10 nitrogen and oxygen atoms in total. The standard InChI is InChI=1S/2C11H16N2O3/c1-11(2,3)16-10(15)12-8-5-6-9(14)13(4)7-8;1-11(2,3)16-10(14)13-8-5-6-9(15-4)12-7-8/h5-7H,1-4H3,(H,12,15);5-7H,1-4H3,(H,13,14). The number of nitrogens with zero attached hydrogens (tertiary/aromatic N) is 2. The van der Waals surface area contributed by atoms with Gasteiger partial charge in [0.15, 0.2) is 0 Å². The van der Waals surface area contributed by atoms with Gasteiger partial charge in [0.25, 0.3) is 0 Å². The van der Waals surface area contributed by atoms with Crippen LogP contribution in [-0.2, 0) is 16.5 Å². The Labute approximate surface area is 187 Å². The fourth-order valence-corrected chi connectivity index (χ4v) is 2.09. The number of aromatic nitrogens is 2. The predicted molar refractivity (Wildman–Crippen MR) is 122 cm³/mol. The van der Waals surface area contributed by atoms with Crippen LogP contribution in [0.25, 0.3) is 0 Å². The molecule has 176 valence electrons. The summed E-state index contributed by atoms with van der Waals surface area (Å²) >= 11 is 0. The summed E-state index contributed by atoms with van der Waals surface area (Å²) in [5.74, 6) is 0.495. The number of pyridine rings is 2. The minimum atomic E-state index is -0.537. The molecule has 32 heavy (non-hydrogen) atoms. The minimum Gasteiger partial charge on any atom is -0.481 e. The molecule has 0 spiro atoms. The van der Waals surface area contributed by atoms with Gasteiger partial charge >= 0.3 is 12.2 Å². The number of carbonyl (C=O) groups excluding carboxylic acids is 2. The van der Waals surface area contributed by atoms with Crippen LogP contribution in [0.2, 0.25) is 0 Å². The van der Waals surface area contributed by atoms with E-state index in [4.69, 9.17) is 14.2 Å².